The van der Waals surface area contributed by atoms with E-state index in [1.54, 1.807) is 7.05 Å². The van der Waals surface area contributed by atoms with E-state index in [1.807, 2.05) is 36.5 Å². The van der Waals surface area contributed by atoms with Crippen molar-refractivity contribution in [2.75, 3.05) is 18.9 Å². The van der Waals surface area contributed by atoms with Gasteiger partial charge in [0.05, 0.1) is 0 Å². The number of nitrogens with one attached hydrogen (secondary N) is 2. The molecule has 0 fully saturated rings. The van der Waals surface area contributed by atoms with Crippen molar-refractivity contribution in [1.29, 1.82) is 0 Å². The third-order valence-corrected chi connectivity index (χ3v) is 3.41. The normalized spacial score (nSPS) is 12.7. The maximum Gasteiger partial charge on any atom is 0.251 e. The zero-order valence-electron chi connectivity index (χ0n) is 10.7. The van der Waals surface area contributed by atoms with Crippen LogP contribution in [-0.2, 0) is 6.42 Å². The van der Waals surface area contributed by atoms with E-state index in [1.165, 1.54) is 11.1 Å². The first-order valence-corrected chi connectivity index (χ1v) is 6.34. The Hall–Kier alpha value is -2.36. The molecule has 4 heteroatoms. The van der Waals surface area contributed by atoms with Crippen molar-refractivity contribution < 1.29 is 4.79 Å². The van der Waals surface area contributed by atoms with Crippen molar-refractivity contribution in [2.45, 2.75) is 6.42 Å². The molecule has 0 aliphatic carbocycles. The van der Waals surface area contributed by atoms with Crippen molar-refractivity contribution in [3.63, 3.8) is 0 Å². The molecule has 0 atom stereocenters. The Morgan fingerprint density at radius 1 is 1.26 bits per heavy atom. The summed E-state index contributed by atoms with van der Waals surface area (Å²) in [5.74, 6) is 0.918. The van der Waals surface area contributed by atoms with Gasteiger partial charge in [0.1, 0.15) is 5.82 Å². The molecule has 96 valence electrons. The molecular weight excluding hydrogens is 238 g/mol. The standard InChI is InChI=1S/C15H15N3O/c1-16-15(19)11-4-2-10(3-5-11)12-6-8-17-14-13(12)7-9-18-14/h2-6,8H,7,9H2,1H3,(H,16,19)(H,17,18). The summed E-state index contributed by atoms with van der Waals surface area (Å²) in [6.07, 6.45) is 2.81. The molecule has 0 spiro atoms. The van der Waals surface area contributed by atoms with Gasteiger partial charge in [0.2, 0.25) is 0 Å². The average Bonchev–Trinajstić information content (AvgIpc) is 2.95. The van der Waals surface area contributed by atoms with Crippen LogP contribution in [-0.4, -0.2) is 24.5 Å². The lowest BCUT2D eigenvalue weighted by Gasteiger charge is -2.08. The van der Waals surface area contributed by atoms with E-state index in [0.717, 1.165) is 24.3 Å². The van der Waals surface area contributed by atoms with Crippen LogP contribution in [0.2, 0.25) is 0 Å². The van der Waals surface area contributed by atoms with Gasteiger partial charge in [-0.1, -0.05) is 12.1 Å². The van der Waals surface area contributed by atoms with Crippen molar-refractivity contribution in [1.82, 2.24) is 10.3 Å². The van der Waals surface area contributed by atoms with Gasteiger partial charge in [0.15, 0.2) is 0 Å². The molecule has 0 bridgehead atoms. The van der Waals surface area contributed by atoms with Crippen LogP contribution in [0.15, 0.2) is 36.5 Å². The molecule has 1 aromatic carbocycles. The summed E-state index contributed by atoms with van der Waals surface area (Å²) in [6, 6.07) is 9.70. The molecule has 1 aliphatic rings. The number of benzene rings is 1. The molecular formula is C15H15N3O. The lowest BCUT2D eigenvalue weighted by atomic mass is 9.99. The Bertz CT molecular complexity index is 620. The lowest BCUT2D eigenvalue weighted by Crippen LogP contribution is -2.17. The summed E-state index contributed by atoms with van der Waals surface area (Å²) in [5.41, 5.74) is 4.25. The quantitative estimate of drug-likeness (QED) is 0.861. The van der Waals surface area contributed by atoms with Crippen LogP contribution in [0.1, 0.15) is 15.9 Å². The predicted octanol–water partition coefficient (Wildman–Crippen LogP) is 2.08. The van der Waals surface area contributed by atoms with E-state index in [-0.39, 0.29) is 5.91 Å². The molecule has 4 nitrogen and oxygen atoms in total. The number of fused-ring (bicyclic) bond motifs is 1. The highest BCUT2D eigenvalue weighted by molar-refractivity contribution is 5.94. The minimum atomic E-state index is -0.0619. The number of nitrogens with zero attached hydrogens (tertiary/aromatic N) is 1. The molecule has 2 N–H and O–H groups in total. The molecule has 0 saturated carbocycles. The van der Waals surface area contributed by atoms with Gasteiger partial charge in [-0.3, -0.25) is 4.79 Å². The zero-order chi connectivity index (χ0) is 13.2. The highest BCUT2D eigenvalue weighted by Crippen LogP contribution is 2.31. The molecule has 2 heterocycles. The van der Waals surface area contributed by atoms with Gasteiger partial charge >= 0.3 is 0 Å². The molecule has 3 rings (SSSR count). The van der Waals surface area contributed by atoms with Crippen LogP contribution in [0.25, 0.3) is 11.1 Å². The van der Waals surface area contributed by atoms with Crippen LogP contribution in [0, 0.1) is 0 Å². The smallest absolute Gasteiger partial charge is 0.251 e. The molecule has 0 radical (unpaired) electrons. The van der Waals surface area contributed by atoms with Crippen LogP contribution in [0.4, 0.5) is 5.82 Å². The summed E-state index contributed by atoms with van der Waals surface area (Å²) in [4.78, 5) is 15.8. The number of hydrogen-bond donors (Lipinski definition) is 2. The third kappa shape index (κ3) is 2.05. The lowest BCUT2D eigenvalue weighted by molar-refractivity contribution is 0.0963. The SMILES string of the molecule is CNC(=O)c1ccc(-c2ccnc3c2CCN3)cc1. The minimum absolute atomic E-state index is 0.0619. The molecule has 1 aliphatic heterocycles. The van der Waals surface area contributed by atoms with Gasteiger partial charge in [-0.2, -0.15) is 0 Å². The first kappa shape index (κ1) is 11.7. The van der Waals surface area contributed by atoms with Crippen LogP contribution in [0.3, 0.4) is 0 Å². The predicted molar refractivity (Wildman–Crippen MR) is 75.3 cm³/mol. The Morgan fingerprint density at radius 3 is 2.79 bits per heavy atom. The molecule has 1 aromatic heterocycles. The molecule has 1 amide bonds. The van der Waals surface area contributed by atoms with Crippen molar-refractivity contribution >= 4 is 11.7 Å². The fourth-order valence-corrected chi connectivity index (χ4v) is 2.42. The summed E-state index contributed by atoms with van der Waals surface area (Å²) >= 11 is 0. The number of rotatable bonds is 2. The van der Waals surface area contributed by atoms with Gasteiger partial charge in [0.25, 0.3) is 5.91 Å². The number of anilines is 1. The largest absolute Gasteiger partial charge is 0.369 e. The van der Waals surface area contributed by atoms with E-state index in [0.29, 0.717) is 5.56 Å². The fourth-order valence-electron chi connectivity index (χ4n) is 2.42. The number of pyridine rings is 1. The first-order chi connectivity index (χ1) is 9.29. The second-order valence-electron chi connectivity index (χ2n) is 4.52. The third-order valence-electron chi connectivity index (χ3n) is 3.41. The molecule has 19 heavy (non-hydrogen) atoms. The van der Waals surface area contributed by atoms with Gasteiger partial charge in [-0.15, -0.1) is 0 Å². The van der Waals surface area contributed by atoms with Crippen molar-refractivity contribution in [3.8, 4) is 11.1 Å². The van der Waals surface area contributed by atoms with E-state index in [9.17, 15) is 4.79 Å². The molecule has 2 aromatic rings. The van der Waals surface area contributed by atoms with E-state index in [2.05, 4.69) is 15.6 Å². The Morgan fingerprint density at radius 2 is 2.05 bits per heavy atom. The number of carbonyl (C=O) groups excluding carboxylic acids is 1. The average molecular weight is 253 g/mol. The topological polar surface area (TPSA) is 54.0 Å². The second kappa shape index (κ2) is 4.72. The maximum atomic E-state index is 11.5. The number of hydrogen-bond acceptors (Lipinski definition) is 3. The van der Waals surface area contributed by atoms with Gasteiger partial charge in [0, 0.05) is 30.9 Å². The van der Waals surface area contributed by atoms with Crippen molar-refractivity contribution in [3.05, 3.63) is 47.7 Å². The maximum absolute atomic E-state index is 11.5. The summed E-state index contributed by atoms with van der Waals surface area (Å²) in [5, 5.41) is 5.90. The fraction of sp³-hybridized carbons (Fsp3) is 0.200. The summed E-state index contributed by atoms with van der Waals surface area (Å²) < 4.78 is 0. The monoisotopic (exact) mass is 253 g/mol. The second-order valence-corrected chi connectivity index (χ2v) is 4.52. The molecule has 0 unspecified atom stereocenters. The Labute approximate surface area is 111 Å². The first-order valence-electron chi connectivity index (χ1n) is 6.34. The van der Waals surface area contributed by atoms with Gasteiger partial charge in [-0.25, -0.2) is 4.98 Å². The highest BCUT2D eigenvalue weighted by Gasteiger charge is 2.16. The number of amides is 1. The Kier molecular flexibility index (Phi) is 2.91. The minimum Gasteiger partial charge on any atom is -0.369 e. The molecule has 0 saturated heterocycles. The zero-order valence-corrected chi connectivity index (χ0v) is 10.7. The van der Waals surface area contributed by atoms with Crippen LogP contribution in [0.5, 0.6) is 0 Å². The van der Waals surface area contributed by atoms with Crippen LogP contribution < -0.4 is 10.6 Å². The van der Waals surface area contributed by atoms with E-state index >= 15 is 0 Å². The van der Waals surface area contributed by atoms with E-state index in [4.69, 9.17) is 0 Å². The van der Waals surface area contributed by atoms with Gasteiger partial charge in [-0.05, 0) is 35.7 Å². The highest BCUT2D eigenvalue weighted by atomic mass is 16.1. The van der Waals surface area contributed by atoms with Gasteiger partial charge < -0.3 is 10.6 Å². The summed E-state index contributed by atoms with van der Waals surface area (Å²) in [6.45, 7) is 0.940. The number of carbonyl (C=O) groups is 1. The van der Waals surface area contributed by atoms with Crippen molar-refractivity contribution in [2.24, 2.45) is 0 Å². The number of aromatic nitrogens is 1. The Balaban J connectivity index is 1.99. The summed E-state index contributed by atoms with van der Waals surface area (Å²) in [7, 11) is 1.64. The van der Waals surface area contributed by atoms with E-state index < -0.39 is 0 Å². The van der Waals surface area contributed by atoms with Crippen LogP contribution >= 0.6 is 0 Å².